The number of hydrogen-bond acceptors (Lipinski definition) is 3. The van der Waals surface area contributed by atoms with Crippen LogP contribution in [-0.2, 0) is 9.47 Å². The molecule has 0 saturated carbocycles. The summed E-state index contributed by atoms with van der Waals surface area (Å²) in [5.74, 6) is 0. The molecule has 0 aromatic rings. The predicted molar refractivity (Wildman–Crippen MR) is 78.0 cm³/mol. The molecular weight excluding hydrogens is 226 g/mol. The number of nitrogens with one attached hydrogen (secondary N) is 1. The van der Waals surface area contributed by atoms with Crippen LogP contribution in [0.2, 0.25) is 0 Å². The second-order valence-corrected chi connectivity index (χ2v) is 6.17. The molecule has 3 nitrogen and oxygen atoms in total. The Morgan fingerprint density at radius 1 is 1.11 bits per heavy atom. The number of methoxy groups -OCH3 is 1. The molecule has 1 N–H and O–H groups in total. The number of ether oxygens (including phenoxy) is 2. The second-order valence-electron chi connectivity index (χ2n) is 6.17. The Morgan fingerprint density at radius 2 is 1.78 bits per heavy atom. The van der Waals surface area contributed by atoms with Gasteiger partial charge in [-0.2, -0.15) is 0 Å². The smallest absolute Gasteiger partial charge is 0.0700 e. The fourth-order valence-corrected chi connectivity index (χ4v) is 1.55. The molecule has 0 aliphatic rings. The molecular formula is C15H31NO2. The first kappa shape index (κ1) is 17.6. The van der Waals surface area contributed by atoms with E-state index in [4.69, 9.17) is 9.47 Å². The van der Waals surface area contributed by atoms with Gasteiger partial charge < -0.3 is 14.8 Å². The molecule has 18 heavy (non-hydrogen) atoms. The molecule has 0 aromatic carbocycles. The Morgan fingerprint density at radius 3 is 2.28 bits per heavy atom. The quantitative estimate of drug-likeness (QED) is 0.482. The van der Waals surface area contributed by atoms with Crippen LogP contribution in [0.5, 0.6) is 0 Å². The van der Waals surface area contributed by atoms with Crippen LogP contribution < -0.4 is 5.32 Å². The summed E-state index contributed by atoms with van der Waals surface area (Å²) in [5.41, 5.74) is 0.289. The molecule has 0 aliphatic carbocycles. The summed E-state index contributed by atoms with van der Waals surface area (Å²) >= 11 is 0. The first-order valence-electron chi connectivity index (χ1n) is 6.78. The van der Waals surface area contributed by atoms with E-state index in [0.717, 1.165) is 26.0 Å². The van der Waals surface area contributed by atoms with Crippen LogP contribution in [0.15, 0.2) is 12.7 Å². The van der Waals surface area contributed by atoms with Crippen molar-refractivity contribution in [1.82, 2.24) is 5.32 Å². The minimum atomic E-state index is 0.137. The number of hydrogen-bond donors (Lipinski definition) is 1. The monoisotopic (exact) mass is 257 g/mol. The molecule has 0 bridgehead atoms. The highest BCUT2D eigenvalue weighted by Crippen LogP contribution is 2.24. The zero-order chi connectivity index (χ0) is 14.1. The van der Waals surface area contributed by atoms with Gasteiger partial charge in [0.15, 0.2) is 0 Å². The Kier molecular flexibility index (Phi) is 8.49. The SMILES string of the molecule is C=CC(C)(CCCOCCOC)CNC(C)(C)C. The average molecular weight is 257 g/mol. The predicted octanol–water partition coefficient (Wildman–Crippen LogP) is 3.01. The lowest BCUT2D eigenvalue weighted by molar-refractivity contribution is 0.0656. The molecule has 108 valence electrons. The van der Waals surface area contributed by atoms with Gasteiger partial charge in [0, 0.05) is 25.8 Å². The van der Waals surface area contributed by atoms with Gasteiger partial charge in [0.1, 0.15) is 0 Å². The highest BCUT2D eigenvalue weighted by molar-refractivity contribution is 4.94. The first-order valence-corrected chi connectivity index (χ1v) is 6.78. The fourth-order valence-electron chi connectivity index (χ4n) is 1.55. The van der Waals surface area contributed by atoms with Crippen LogP contribution in [0, 0.1) is 5.41 Å². The van der Waals surface area contributed by atoms with E-state index in [9.17, 15) is 0 Å². The molecule has 0 radical (unpaired) electrons. The molecule has 0 aliphatic heterocycles. The van der Waals surface area contributed by atoms with E-state index in [1.54, 1.807) is 7.11 Å². The van der Waals surface area contributed by atoms with Crippen molar-refractivity contribution < 1.29 is 9.47 Å². The van der Waals surface area contributed by atoms with Crippen LogP contribution >= 0.6 is 0 Å². The molecule has 0 amide bonds. The van der Waals surface area contributed by atoms with Crippen molar-refractivity contribution in [1.29, 1.82) is 0 Å². The van der Waals surface area contributed by atoms with Crippen LogP contribution in [0.4, 0.5) is 0 Å². The zero-order valence-electron chi connectivity index (χ0n) is 12.8. The van der Waals surface area contributed by atoms with Crippen LogP contribution in [0.3, 0.4) is 0 Å². The summed E-state index contributed by atoms with van der Waals surface area (Å²) in [6.45, 7) is 15.9. The van der Waals surface area contributed by atoms with Gasteiger partial charge in [0.25, 0.3) is 0 Å². The summed E-state index contributed by atoms with van der Waals surface area (Å²) in [5, 5.41) is 3.54. The minimum absolute atomic E-state index is 0.137. The van der Waals surface area contributed by atoms with E-state index in [-0.39, 0.29) is 11.0 Å². The van der Waals surface area contributed by atoms with Crippen molar-refractivity contribution in [3.8, 4) is 0 Å². The second kappa shape index (κ2) is 8.68. The Hall–Kier alpha value is -0.380. The summed E-state index contributed by atoms with van der Waals surface area (Å²) in [7, 11) is 1.69. The first-order chi connectivity index (χ1) is 8.33. The van der Waals surface area contributed by atoms with Crippen molar-refractivity contribution in [2.24, 2.45) is 5.41 Å². The molecule has 0 heterocycles. The highest BCUT2D eigenvalue weighted by Gasteiger charge is 2.22. The Balaban J connectivity index is 3.82. The standard InChI is InChI=1S/C15H31NO2/c1-7-15(5,13-16-14(2,3)4)9-8-10-18-12-11-17-6/h7,16H,1,8-13H2,2-6H3. The molecule has 1 unspecified atom stereocenters. The lowest BCUT2D eigenvalue weighted by Gasteiger charge is -2.31. The third-order valence-electron chi connectivity index (χ3n) is 2.98. The molecule has 0 rings (SSSR count). The van der Waals surface area contributed by atoms with Crippen molar-refractivity contribution in [2.45, 2.75) is 46.1 Å². The van der Waals surface area contributed by atoms with Gasteiger partial charge in [-0.05, 0) is 39.0 Å². The highest BCUT2D eigenvalue weighted by atomic mass is 16.5. The van der Waals surface area contributed by atoms with Crippen molar-refractivity contribution in [2.75, 3.05) is 33.5 Å². The maximum absolute atomic E-state index is 5.48. The average Bonchev–Trinajstić information content (AvgIpc) is 2.30. The largest absolute Gasteiger partial charge is 0.382 e. The molecule has 0 aromatic heterocycles. The zero-order valence-corrected chi connectivity index (χ0v) is 12.8. The summed E-state index contributed by atoms with van der Waals surface area (Å²) < 4.78 is 10.4. The van der Waals surface area contributed by atoms with E-state index in [1.807, 2.05) is 0 Å². The van der Waals surface area contributed by atoms with Gasteiger partial charge in [-0.3, -0.25) is 0 Å². The normalized spacial score (nSPS) is 15.4. The van der Waals surface area contributed by atoms with Crippen molar-refractivity contribution in [3.63, 3.8) is 0 Å². The van der Waals surface area contributed by atoms with Gasteiger partial charge >= 0.3 is 0 Å². The Bertz CT molecular complexity index is 223. The molecule has 0 fully saturated rings. The summed E-state index contributed by atoms with van der Waals surface area (Å²) in [6, 6.07) is 0. The van der Waals surface area contributed by atoms with Gasteiger partial charge in [-0.15, -0.1) is 6.58 Å². The van der Waals surface area contributed by atoms with Crippen LogP contribution in [0.25, 0.3) is 0 Å². The third-order valence-corrected chi connectivity index (χ3v) is 2.98. The van der Waals surface area contributed by atoms with E-state index in [0.29, 0.717) is 13.2 Å². The number of rotatable bonds is 10. The third kappa shape index (κ3) is 9.63. The van der Waals surface area contributed by atoms with Gasteiger partial charge in [-0.25, -0.2) is 0 Å². The summed E-state index contributed by atoms with van der Waals surface area (Å²) in [4.78, 5) is 0. The van der Waals surface area contributed by atoms with E-state index >= 15 is 0 Å². The molecule has 3 heteroatoms. The summed E-state index contributed by atoms with van der Waals surface area (Å²) in [6.07, 6.45) is 4.20. The van der Waals surface area contributed by atoms with Gasteiger partial charge in [0.2, 0.25) is 0 Å². The fraction of sp³-hybridized carbons (Fsp3) is 0.867. The lowest BCUT2D eigenvalue weighted by Crippen LogP contribution is -2.42. The topological polar surface area (TPSA) is 30.5 Å². The Labute approximate surface area is 113 Å². The lowest BCUT2D eigenvalue weighted by atomic mass is 9.85. The molecule has 1 atom stereocenters. The van der Waals surface area contributed by atoms with Crippen LogP contribution in [0.1, 0.15) is 40.5 Å². The van der Waals surface area contributed by atoms with Crippen molar-refractivity contribution >= 4 is 0 Å². The molecule has 0 spiro atoms. The van der Waals surface area contributed by atoms with Crippen molar-refractivity contribution in [3.05, 3.63) is 12.7 Å². The van der Waals surface area contributed by atoms with Gasteiger partial charge in [-0.1, -0.05) is 13.0 Å². The van der Waals surface area contributed by atoms with E-state index in [2.05, 4.69) is 45.7 Å². The molecule has 0 saturated heterocycles. The van der Waals surface area contributed by atoms with Gasteiger partial charge in [0.05, 0.1) is 13.2 Å². The van der Waals surface area contributed by atoms with E-state index < -0.39 is 0 Å². The maximum Gasteiger partial charge on any atom is 0.0700 e. The maximum atomic E-state index is 5.48. The van der Waals surface area contributed by atoms with Crippen LogP contribution in [-0.4, -0.2) is 39.0 Å². The minimum Gasteiger partial charge on any atom is -0.382 e. The van der Waals surface area contributed by atoms with E-state index in [1.165, 1.54) is 0 Å².